The molecule has 0 unspecified atom stereocenters. The van der Waals surface area contributed by atoms with Crippen LogP contribution in [0.2, 0.25) is 0 Å². The molecule has 0 fully saturated rings. The minimum absolute atomic E-state index is 0.0792. The van der Waals surface area contributed by atoms with Gasteiger partial charge in [0.2, 0.25) is 11.8 Å². The maximum absolute atomic E-state index is 12.8. The van der Waals surface area contributed by atoms with Gasteiger partial charge in [0, 0.05) is 30.1 Å². The first-order valence-corrected chi connectivity index (χ1v) is 9.63. The van der Waals surface area contributed by atoms with Crippen LogP contribution in [0, 0.1) is 0 Å². The fourth-order valence-electron chi connectivity index (χ4n) is 3.53. The standard InChI is InChI=1S/C20H20N2O2S/c23-19(21-12-5-7-15-6-1-2-8-16(15)21)11-13-22-17-9-3-4-10-18(17)25-14-20(22)24/h1-4,6,8-10H,5,7,11-14H2. The van der Waals surface area contributed by atoms with Crippen molar-refractivity contribution in [2.24, 2.45) is 0 Å². The Kier molecular flexibility index (Phi) is 4.49. The van der Waals surface area contributed by atoms with Crippen molar-refractivity contribution in [3.05, 3.63) is 54.1 Å². The van der Waals surface area contributed by atoms with Crippen molar-refractivity contribution in [1.82, 2.24) is 0 Å². The summed E-state index contributed by atoms with van der Waals surface area (Å²) in [5, 5.41) is 0. The van der Waals surface area contributed by atoms with E-state index in [1.165, 1.54) is 5.56 Å². The van der Waals surface area contributed by atoms with Gasteiger partial charge in [-0.25, -0.2) is 0 Å². The number of amides is 2. The summed E-state index contributed by atoms with van der Waals surface area (Å²) in [6.07, 6.45) is 2.36. The monoisotopic (exact) mass is 352 g/mol. The molecule has 0 spiro atoms. The Bertz CT molecular complexity index is 821. The van der Waals surface area contributed by atoms with E-state index in [1.807, 2.05) is 47.4 Å². The van der Waals surface area contributed by atoms with Crippen molar-refractivity contribution in [2.45, 2.75) is 24.2 Å². The van der Waals surface area contributed by atoms with Crippen molar-refractivity contribution in [3.63, 3.8) is 0 Å². The van der Waals surface area contributed by atoms with E-state index in [0.29, 0.717) is 18.7 Å². The van der Waals surface area contributed by atoms with Gasteiger partial charge in [0.25, 0.3) is 0 Å². The smallest absolute Gasteiger partial charge is 0.237 e. The lowest BCUT2D eigenvalue weighted by Gasteiger charge is -2.32. The number of aryl methyl sites for hydroxylation is 1. The molecule has 0 bridgehead atoms. The van der Waals surface area contributed by atoms with Crippen LogP contribution in [0.5, 0.6) is 0 Å². The number of nitrogens with zero attached hydrogens (tertiary/aromatic N) is 2. The summed E-state index contributed by atoms with van der Waals surface area (Å²) in [6, 6.07) is 16.0. The molecule has 2 aliphatic rings. The third-order valence-electron chi connectivity index (χ3n) is 4.77. The molecule has 128 valence electrons. The van der Waals surface area contributed by atoms with E-state index in [2.05, 4.69) is 6.07 Å². The molecule has 5 heteroatoms. The molecule has 0 aliphatic carbocycles. The van der Waals surface area contributed by atoms with Gasteiger partial charge >= 0.3 is 0 Å². The van der Waals surface area contributed by atoms with E-state index >= 15 is 0 Å². The molecule has 4 rings (SSSR count). The molecule has 2 amide bonds. The second-order valence-corrected chi connectivity index (χ2v) is 7.35. The van der Waals surface area contributed by atoms with Gasteiger partial charge < -0.3 is 9.80 Å². The summed E-state index contributed by atoms with van der Waals surface area (Å²) in [6.45, 7) is 1.20. The van der Waals surface area contributed by atoms with E-state index in [-0.39, 0.29) is 11.8 Å². The molecule has 25 heavy (non-hydrogen) atoms. The van der Waals surface area contributed by atoms with Gasteiger partial charge in [-0.15, -0.1) is 11.8 Å². The first-order chi connectivity index (χ1) is 12.2. The lowest BCUT2D eigenvalue weighted by Crippen LogP contribution is -2.41. The lowest BCUT2D eigenvalue weighted by atomic mass is 10.0. The van der Waals surface area contributed by atoms with Crippen LogP contribution in [0.3, 0.4) is 0 Å². The van der Waals surface area contributed by atoms with Crippen LogP contribution in [0.25, 0.3) is 0 Å². The van der Waals surface area contributed by atoms with Gasteiger partial charge in [0.1, 0.15) is 0 Å². The van der Waals surface area contributed by atoms with Crippen LogP contribution in [-0.2, 0) is 16.0 Å². The van der Waals surface area contributed by atoms with Crippen molar-refractivity contribution in [1.29, 1.82) is 0 Å². The number of thioether (sulfide) groups is 1. The van der Waals surface area contributed by atoms with Crippen molar-refractivity contribution < 1.29 is 9.59 Å². The highest BCUT2D eigenvalue weighted by molar-refractivity contribution is 8.00. The number of rotatable bonds is 3. The summed E-state index contributed by atoms with van der Waals surface area (Å²) < 4.78 is 0. The highest BCUT2D eigenvalue weighted by Crippen LogP contribution is 2.35. The summed E-state index contributed by atoms with van der Waals surface area (Å²) in [4.78, 5) is 29.9. The van der Waals surface area contributed by atoms with Crippen LogP contribution >= 0.6 is 11.8 Å². The Balaban J connectivity index is 1.49. The predicted molar refractivity (Wildman–Crippen MR) is 101 cm³/mol. The number of carbonyl (C=O) groups excluding carboxylic acids is 2. The Labute approximate surface area is 151 Å². The Hall–Kier alpha value is -2.27. The Morgan fingerprint density at radius 2 is 1.80 bits per heavy atom. The van der Waals surface area contributed by atoms with Crippen molar-refractivity contribution >= 4 is 35.0 Å². The molecule has 2 aromatic rings. The SMILES string of the molecule is O=C(CCN1C(=O)CSc2ccccc21)N1CCCc2ccccc21. The third kappa shape index (κ3) is 3.16. The fraction of sp³-hybridized carbons (Fsp3) is 0.300. The first-order valence-electron chi connectivity index (χ1n) is 8.64. The van der Waals surface area contributed by atoms with Crippen LogP contribution in [-0.4, -0.2) is 30.7 Å². The topological polar surface area (TPSA) is 40.6 Å². The van der Waals surface area contributed by atoms with E-state index in [1.54, 1.807) is 16.7 Å². The number of carbonyl (C=O) groups is 2. The number of fused-ring (bicyclic) bond motifs is 2. The molecule has 2 aromatic carbocycles. The zero-order chi connectivity index (χ0) is 17.2. The molecule has 0 N–H and O–H groups in total. The quantitative estimate of drug-likeness (QED) is 0.849. The maximum atomic E-state index is 12.8. The van der Waals surface area contributed by atoms with Gasteiger partial charge in [-0.3, -0.25) is 9.59 Å². The van der Waals surface area contributed by atoms with Gasteiger partial charge in [-0.05, 0) is 36.6 Å². The molecule has 0 aromatic heterocycles. The van der Waals surface area contributed by atoms with Crippen LogP contribution in [0.4, 0.5) is 11.4 Å². The zero-order valence-corrected chi connectivity index (χ0v) is 14.8. The Morgan fingerprint density at radius 3 is 2.68 bits per heavy atom. The molecule has 0 saturated heterocycles. The molecule has 2 heterocycles. The van der Waals surface area contributed by atoms with Gasteiger partial charge in [0.15, 0.2) is 0 Å². The molecule has 0 atom stereocenters. The molecule has 2 aliphatic heterocycles. The summed E-state index contributed by atoms with van der Waals surface area (Å²) >= 11 is 1.57. The molecular weight excluding hydrogens is 332 g/mol. The average molecular weight is 352 g/mol. The third-order valence-corrected chi connectivity index (χ3v) is 5.82. The molecule has 0 radical (unpaired) electrons. The number of benzene rings is 2. The van der Waals surface area contributed by atoms with Crippen molar-refractivity contribution in [3.8, 4) is 0 Å². The maximum Gasteiger partial charge on any atom is 0.237 e. The zero-order valence-electron chi connectivity index (χ0n) is 14.0. The van der Waals surface area contributed by atoms with E-state index in [0.717, 1.165) is 35.7 Å². The van der Waals surface area contributed by atoms with Gasteiger partial charge in [-0.2, -0.15) is 0 Å². The first kappa shape index (κ1) is 16.2. The number of para-hydroxylation sites is 2. The number of hydrogen-bond acceptors (Lipinski definition) is 3. The van der Waals surface area contributed by atoms with Crippen molar-refractivity contribution in [2.75, 3.05) is 28.6 Å². The fourth-order valence-corrected chi connectivity index (χ4v) is 4.47. The Morgan fingerprint density at radius 1 is 1.04 bits per heavy atom. The number of hydrogen-bond donors (Lipinski definition) is 0. The van der Waals surface area contributed by atoms with Gasteiger partial charge in [-0.1, -0.05) is 30.3 Å². The summed E-state index contributed by atoms with van der Waals surface area (Å²) in [5.41, 5.74) is 3.19. The van der Waals surface area contributed by atoms with E-state index in [4.69, 9.17) is 0 Å². The number of anilines is 2. The largest absolute Gasteiger partial charge is 0.312 e. The van der Waals surface area contributed by atoms with E-state index < -0.39 is 0 Å². The highest BCUT2D eigenvalue weighted by atomic mass is 32.2. The summed E-state index contributed by atoms with van der Waals surface area (Å²) in [5.74, 6) is 0.615. The average Bonchev–Trinajstić information content (AvgIpc) is 2.66. The van der Waals surface area contributed by atoms with Crippen LogP contribution in [0.1, 0.15) is 18.4 Å². The second-order valence-electron chi connectivity index (χ2n) is 6.33. The van der Waals surface area contributed by atoms with Crippen LogP contribution < -0.4 is 9.80 Å². The second kappa shape index (κ2) is 6.92. The minimum Gasteiger partial charge on any atom is -0.312 e. The molecule has 4 nitrogen and oxygen atoms in total. The summed E-state index contributed by atoms with van der Waals surface area (Å²) in [7, 11) is 0. The highest BCUT2D eigenvalue weighted by Gasteiger charge is 2.27. The van der Waals surface area contributed by atoms with Crippen LogP contribution in [0.15, 0.2) is 53.4 Å². The van der Waals surface area contributed by atoms with Gasteiger partial charge in [0.05, 0.1) is 11.4 Å². The lowest BCUT2D eigenvalue weighted by molar-refractivity contribution is -0.118. The van der Waals surface area contributed by atoms with E-state index in [9.17, 15) is 9.59 Å². The normalized spacial score (nSPS) is 16.4. The predicted octanol–water partition coefficient (Wildman–Crippen LogP) is 3.49. The molecule has 0 saturated carbocycles. The minimum atomic E-state index is 0.0792. The molecular formula is C20H20N2O2S.